The third-order valence-electron chi connectivity index (χ3n) is 1.20. The van der Waals surface area contributed by atoms with Gasteiger partial charge in [0.05, 0.1) is 11.9 Å². The minimum Gasteiger partial charge on any atom is -0.376 e. The predicted octanol–water partition coefficient (Wildman–Crippen LogP) is -0.0565. The van der Waals surface area contributed by atoms with Crippen LogP contribution in [0.1, 0.15) is 0 Å². The molecule has 0 aromatic heterocycles. The molecule has 0 amide bonds. The van der Waals surface area contributed by atoms with Gasteiger partial charge in [-0.25, -0.2) is 8.42 Å². The molecule has 52 valence electrons. The fourth-order valence-electron chi connectivity index (χ4n) is 0.694. The Labute approximate surface area is 54.2 Å². The highest BCUT2D eigenvalue weighted by molar-refractivity contribution is 7.94. The van der Waals surface area contributed by atoms with E-state index in [0.29, 0.717) is 0 Å². The van der Waals surface area contributed by atoms with Gasteiger partial charge in [-0.2, -0.15) is 0 Å². The van der Waals surface area contributed by atoms with E-state index in [4.69, 9.17) is 4.74 Å². The lowest BCUT2D eigenvalue weighted by Crippen LogP contribution is -2.12. The molecule has 0 N–H and O–H groups in total. The minimum atomic E-state index is -2.91. The predicted molar refractivity (Wildman–Crippen MR) is 33.7 cm³/mol. The highest BCUT2D eigenvalue weighted by Gasteiger charge is 2.20. The Kier molecular flexibility index (Phi) is 1.59. The van der Waals surface area contributed by atoms with Crippen LogP contribution in [0, 0.1) is 0 Å². The lowest BCUT2D eigenvalue weighted by molar-refractivity contribution is 0.160. The van der Waals surface area contributed by atoms with Crippen LogP contribution in [0.5, 0.6) is 0 Å². The zero-order chi connectivity index (χ0) is 6.91. The van der Waals surface area contributed by atoms with Crippen molar-refractivity contribution >= 4 is 9.84 Å². The Morgan fingerprint density at radius 3 is 2.56 bits per heavy atom. The molecule has 1 aliphatic heterocycles. The molecule has 0 saturated heterocycles. The third-order valence-corrected chi connectivity index (χ3v) is 2.56. The van der Waals surface area contributed by atoms with Gasteiger partial charge in [-0.3, -0.25) is 0 Å². The summed E-state index contributed by atoms with van der Waals surface area (Å²) in [4.78, 5) is 0. The zero-order valence-corrected chi connectivity index (χ0v) is 5.89. The highest BCUT2D eigenvalue weighted by atomic mass is 32.2. The van der Waals surface area contributed by atoms with Crippen molar-refractivity contribution in [2.45, 2.75) is 6.10 Å². The monoisotopic (exact) mass is 148 g/mol. The molecule has 0 spiro atoms. The summed E-state index contributed by atoms with van der Waals surface area (Å²) >= 11 is 0. The quantitative estimate of drug-likeness (QED) is 0.523. The first kappa shape index (κ1) is 6.77. The molecule has 0 aromatic rings. The Hall–Kier alpha value is -0.350. The van der Waals surface area contributed by atoms with Crippen molar-refractivity contribution in [3.63, 3.8) is 0 Å². The maximum atomic E-state index is 10.6. The van der Waals surface area contributed by atoms with Crippen LogP contribution < -0.4 is 0 Å². The van der Waals surface area contributed by atoms with Gasteiger partial charge < -0.3 is 4.74 Å². The van der Waals surface area contributed by atoms with Crippen LogP contribution in [0.4, 0.5) is 0 Å². The molecule has 1 atom stereocenters. The smallest absolute Gasteiger partial charge is 0.174 e. The normalized spacial score (nSPS) is 31.0. The van der Waals surface area contributed by atoms with E-state index in [1.165, 1.54) is 12.5 Å². The molecule has 0 radical (unpaired) electrons. The van der Waals surface area contributed by atoms with Crippen LogP contribution in [-0.2, 0) is 14.6 Å². The van der Waals surface area contributed by atoms with Gasteiger partial charge >= 0.3 is 0 Å². The average molecular weight is 148 g/mol. The van der Waals surface area contributed by atoms with Crippen molar-refractivity contribution in [2.24, 2.45) is 0 Å². The van der Waals surface area contributed by atoms with Crippen LogP contribution in [0.2, 0.25) is 0 Å². The summed E-state index contributed by atoms with van der Waals surface area (Å²) in [7, 11) is -1.42. The Morgan fingerprint density at radius 1 is 1.67 bits per heavy atom. The molecule has 3 nitrogen and oxygen atoms in total. The van der Waals surface area contributed by atoms with Gasteiger partial charge in [0.15, 0.2) is 9.84 Å². The Balaban J connectivity index is 2.72. The molecule has 4 heteroatoms. The number of hydrogen-bond acceptors (Lipinski definition) is 3. The topological polar surface area (TPSA) is 43.4 Å². The summed E-state index contributed by atoms with van der Waals surface area (Å²) in [5.74, 6) is 0.101. The molecule has 0 saturated carbocycles. The summed E-state index contributed by atoms with van der Waals surface area (Å²) in [5, 5.41) is 1.20. The van der Waals surface area contributed by atoms with Crippen molar-refractivity contribution in [1.82, 2.24) is 0 Å². The summed E-state index contributed by atoms with van der Waals surface area (Å²) < 4.78 is 26.0. The third kappa shape index (κ3) is 1.53. The standard InChI is InChI=1S/C5H8O3S/c1-8-5-2-3-9(6,7)4-5/h2-3,5H,4H2,1H3/t5-/m1/s1. The van der Waals surface area contributed by atoms with Crippen molar-refractivity contribution in [3.05, 3.63) is 11.5 Å². The number of rotatable bonds is 1. The van der Waals surface area contributed by atoms with E-state index in [-0.39, 0.29) is 11.9 Å². The molecule has 1 aliphatic rings. The van der Waals surface area contributed by atoms with Crippen molar-refractivity contribution in [3.8, 4) is 0 Å². The SMILES string of the molecule is CO[C@@H]1C=CS(=O)(=O)C1. The molecule has 0 unspecified atom stereocenters. The van der Waals surface area contributed by atoms with E-state index in [2.05, 4.69) is 0 Å². The lowest BCUT2D eigenvalue weighted by Gasteiger charge is -2.00. The Morgan fingerprint density at radius 2 is 2.33 bits per heavy atom. The number of sulfone groups is 1. The first-order chi connectivity index (χ1) is 4.14. The summed E-state index contributed by atoms with van der Waals surface area (Å²) in [5.41, 5.74) is 0. The van der Waals surface area contributed by atoms with Crippen LogP contribution >= 0.6 is 0 Å². The first-order valence-corrected chi connectivity index (χ1v) is 4.29. The molecular formula is C5H8O3S. The summed E-state index contributed by atoms with van der Waals surface area (Å²) in [6.07, 6.45) is 1.32. The van der Waals surface area contributed by atoms with Crippen molar-refractivity contribution in [1.29, 1.82) is 0 Å². The molecular weight excluding hydrogens is 140 g/mol. The fourth-order valence-corrected chi connectivity index (χ4v) is 1.92. The van der Waals surface area contributed by atoms with Gasteiger partial charge in [0.2, 0.25) is 0 Å². The first-order valence-electron chi connectivity index (χ1n) is 2.58. The van der Waals surface area contributed by atoms with Crippen LogP contribution in [0.3, 0.4) is 0 Å². The van der Waals surface area contributed by atoms with Crippen LogP contribution in [0.25, 0.3) is 0 Å². The van der Waals surface area contributed by atoms with E-state index in [1.807, 2.05) is 0 Å². The van der Waals surface area contributed by atoms with Gasteiger partial charge in [-0.1, -0.05) is 0 Å². The molecule has 0 fully saturated rings. The van der Waals surface area contributed by atoms with Crippen molar-refractivity contribution in [2.75, 3.05) is 12.9 Å². The van der Waals surface area contributed by atoms with Crippen LogP contribution in [0.15, 0.2) is 11.5 Å². The van der Waals surface area contributed by atoms with E-state index in [0.717, 1.165) is 0 Å². The van der Waals surface area contributed by atoms with E-state index < -0.39 is 9.84 Å². The van der Waals surface area contributed by atoms with Gasteiger partial charge in [0.25, 0.3) is 0 Å². The summed E-state index contributed by atoms with van der Waals surface area (Å²) in [6.45, 7) is 0. The molecule has 0 bridgehead atoms. The lowest BCUT2D eigenvalue weighted by atomic mass is 10.4. The van der Waals surface area contributed by atoms with E-state index >= 15 is 0 Å². The molecule has 9 heavy (non-hydrogen) atoms. The highest BCUT2D eigenvalue weighted by Crippen LogP contribution is 2.09. The van der Waals surface area contributed by atoms with Gasteiger partial charge in [-0.15, -0.1) is 0 Å². The number of ether oxygens (including phenoxy) is 1. The van der Waals surface area contributed by atoms with Crippen molar-refractivity contribution < 1.29 is 13.2 Å². The van der Waals surface area contributed by atoms with Crippen LogP contribution in [-0.4, -0.2) is 27.4 Å². The molecule has 1 heterocycles. The van der Waals surface area contributed by atoms with E-state index in [9.17, 15) is 8.42 Å². The maximum absolute atomic E-state index is 10.6. The van der Waals surface area contributed by atoms with Gasteiger partial charge in [0.1, 0.15) is 0 Å². The number of methoxy groups -OCH3 is 1. The summed E-state index contributed by atoms with van der Waals surface area (Å²) in [6, 6.07) is 0. The minimum absolute atomic E-state index is 0.101. The molecule has 0 aromatic carbocycles. The average Bonchev–Trinajstić information content (AvgIpc) is 2.10. The maximum Gasteiger partial charge on any atom is 0.174 e. The molecule has 0 aliphatic carbocycles. The van der Waals surface area contributed by atoms with E-state index in [1.54, 1.807) is 6.08 Å². The number of hydrogen-bond donors (Lipinski definition) is 0. The zero-order valence-electron chi connectivity index (χ0n) is 5.07. The molecule has 1 rings (SSSR count). The second-order valence-electron chi connectivity index (χ2n) is 1.93. The largest absolute Gasteiger partial charge is 0.376 e. The second-order valence-corrected chi connectivity index (χ2v) is 3.86. The van der Waals surface area contributed by atoms with Gasteiger partial charge in [-0.05, 0) is 6.08 Å². The van der Waals surface area contributed by atoms with Gasteiger partial charge in [0, 0.05) is 12.5 Å². The Bertz CT molecular complexity index is 214. The fraction of sp³-hybridized carbons (Fsp3) is 0.600. The second kappa shape index (κ2) is 2.11.